The Morgan fingerprint density at radius 2 is 1.04 bits per heavy atom. The Kier molecular flexibility index (Phi) is 28.4. The van der Waals surface area contributed by atoms with Crippen LogP contribution in [0.15, 0.2) is 92.2 Å². The van der Waals surface area contributed by atoms with Gasteiger partial charge in [0.05, 0.1) is 48.9 Å². The van der Waals surface area contributed by atoms with Gasteiger partial charge in [-0.25, -0.2) is 39.9 Å². The van der Waals surface area contributed by atoms with E-state index in [4.69, 9.17) is 33.7 Å². The average molecular weight is 1400 g/mol. The van der Waals surface area contributed by atoms with Crippen LogP contribution in [-0.4, -0.2) is 113 Å². The van der Waals surface area contributed by atoms with Crippen LogP contribution in [0.3, 0.4) is 0 Å². The fraction of sp³-hybridized carbons (Fsp3) is 0.340. The van der Waals surface area contributed by atoms with Gasteiger partial charge in [-0.1, -0.05) is 39.3 Å². The number of aryl methyl sites for hydroxylation is 3. The van der Waals surface area contributed by atoms with E-state index < -0.39 is 0 Å². The zero-order chi connectivity index (χ0) is 54.7. The number of fused-ring (bicyclic) bond motifs is 3. The fourth-order valence-electron chi connectivity index (χ4n) is 6.96. The molecule has 9 aromatic rings. The summed E-state index contributed by atoms with van der Waals surface area (Å²) in [6, 6.07) is 12.5. The summed E-state index contributed by atoms with van der Waals surface area (Å²) < 4.78 is 9.60. The zero-order valence-electron chi connectivity index (χ0n) is 43.5. The second-order valence-corrected chi connectivity index (χ2v) is 33.9. The van der Waals surface area contributed by atoms with Crippen LogP contribution in [0.2, 0.25) is 10.4 Å². The molecule has 0 spiro atoms. The topological polar surface area (TPSA) is 268 Å². The van der Waals surface area contributed by atoms with E-state index in [1.165, 1.54) is 0 Å². The van der Waals surface area contributed by atoms with Gasteiger partial charge in [0, 0.05) is 103 Å². The van der Waals surface area contributed by atoms with E-state index in [2.05, 4.69) is 156 Å². The number of hydrogen-bond acceptors (Lipinski definition) is 17. The quantitative estimate of drug-likeness (QED) is 0.0201. The summed E-state index contributed by atoms with van der Waals surface area (Å²) in [5.74, 6) is 3.96. The van der Waals surface area contributed by atoms with Crippen molar-refractivity contribution in [3.8, 4) is 0 Å². The first-order valence-corrected chi connectivity index (χ1v) is 36.8. The van der Waals surface area contributed by atoms with E-state index in [9.17, 15) is 0 Å². The number of hydrogen-bond donors (Lipinski definition) is 9. The van der Waals surface area contributed by atoms with E-state index in [0.717, 1.165) is 84.5 Å². The summed E-state index contributed by atoms with van der Waals surface area (Å²) in [6.45, 7) is 17.4. The molecule has 0 bridgehead atoms. The number of methoxy groups -OCH3 is 2. The third-order valence-electron chi connectivity index (χ3n) is 10.5. The second-order valence-electron chi connectivity index (χ2n) is 16.9. The summed E-state index contributed by atoms with van der Waals surface area (Å²) in [6.07, 6.45) is 15.9. The minimum absolute atomic E-state index is 0.221. The van der Waals surface area contributed by atoms with Gasteiger partial charge < -0.3 is 56.7 Å². The number of anilines is 7. The van der Waals surface area contributed by atoms with Crippen LogP contribution in [0.5, 0.6) is 0 Å². The molecule has 9 aromatic heterocycles. The van der Waals surface area contributed by atoms with Gasteiger partial charge in [-0.2, -0.15) is 4.98 Å². The van der Waals surface area contributed by atoms with Crippen LogP contribution in [0, 0.1) is 32.6 Å². The van der Waals surface area contributed by atoms with Crippen molar-refractivity contribution < 1.29 is 22.7 Å². The minimum atomic E-state index is 0.221. The standard InChI is InChI=1S/C15H18N6O.2C12H10ClN5.C8H19N.C3H9NO.I3/c1-10-8-19-15(21-13(10)17-5-6-22-2)20-12-7-11-3-4-16-14(11)18-9-12;1-7-5-16-12(13)18-10(7)17-9-4-8-2-3-14-11(8)15-6-9;1-7-5-16-12(18-10(7)13)17-9-4-8-2-3-14-11(8)15-6-9;1-6(2)8(9-5)7(3)4;1-5-3-2-4;1-3-2/h3-4,7-9H,5-6H2,1-2H3,(H,16,18)(H2,17,19,20,21);2*2-6H,1H3,(H,14,15)(H,16,17,18);6-9H,1-5H3;2-4H2,1H3;/q;;;;;-1. The predicted octanol–water partition coefficient (Wildman–Crippen LogP) is 8.83. The first-order chi connectivity index (χ1) is 36.1. The Morgan fingerprint density at radius 3 is 1.45 bits per heavy atom. The Balaban J connectivity index is 0.000000212. The van der Waals surface area contributed by atoms with Gasteiger partial charge in [0.1, 0.15) is 33.7 Å². The van der Waals surface area contributed by atoms with Crippen molar-refractivity contribution in [3.05, 3.63) is 119 Å². The van der Waals surface area contributed by atoms with Crippen LogP contribution >= 0.6 is 60.4 Å². The van der Waals surface area contributed by atoms with E-state index in [0.29, 0.717) is 68.5 Å². The van der Waals surface area contributed by atoms with E-state index in [1.807, 2.05) is 82.8 Å². The molecule has 0 fully saturated rings. The van der Waals surface area contributed by atoms with Gasteiger partial charge >= 0.3 is 50.5 Å². The average Bonchev–Trinajstić information content (AvgIpc) is 4.18. The van der Waals surface area contributed by atoms with Crippen molar-refractivity contribution in [3.63, 3.8) is 0 Å². The molecule has 0 aliphatic heterocycles. The van der Waals surface area contributed by atoms with Crippen molar-refractivity contribution >= 4 is 134 Å². The molecule has 9 rings (SSSR count). The third-order valence-corrected chi connectivity index (χ3v) is 11.1. The number of nitrogens with zero attached hydrogens (tertiary/aromatic N) is 9. The maximum atomic E-state index is 5.95. The number of halogens is 5. The number of aromatic nitrogens is 12. The Bertz CT molecular complexity index is 3060. The van der Waals surface area contributed by atoms with E-state index >= 15 is 0 Å². The molecule has 9 heterocycles. The third kappa shape index (κ3) is 21.6. The molecule has 0 amide bonds. The van der Waals surface area contributed by atoms with Gasteiger partial charge in [-0.3, -0.25) is 0 Å². The zero-order valence-corrected chi connectivity index (χ0v) is 51.5. The Hall–Kier alpha value is -4.88. The van der Waals surface area contributed by atoms with E-state index in [1.54, 1.807) is 51.4 Å². The molecule has 25 heteroatoms. The van der Waals surface area contributed by atoms with Crippen LogP contribution in [-0.2, 0) is 9.47 Å². The number of aromatic amines is 3. The molecule has 10 N–H and O–H groups in total. The molecule has 404 valence electrons. The molecule has 20 nitrogen and oxygen atoms in total. The van der Waals surface area contributed by atoms with Gasteiger partial charge in [-0.05, 0) is 87.7 Å². The maximum absolute atomic E-state index is 5.95. The van der Waals surface area contributed by atoms with Crippen molar-refractivity contribution in [2.24, 2.45) is 17.6 Å². The normalized spacial score (nSPS) is 10.6. The molecule has 0 saturated heterocycles. The molecule has 0 aromatic carbocycles. The summed E-state index contributed by atoms with van der Waals surface area (Å²) in [4.78, 5) is 47.2. The Morgan fingerprint density at radius 1 is 0.600 bits per heavy atom. The number of pyridine rings is 3. The van der Waals surface area contributed by atoms with Gasteiger partial charge in [0.2, 0.25) is 17.2 Å². The summed E-state index contributed by atoms with van der Waals surface area (Å²) in [5.41, 5.74) is 12.9. The van der Waals surface area contributed by atoms with Crippen molar-refractivity contribution in [2.45, 2.75) is 54.5 Å². The molecular formula is C50H66Cl2I3N18O2-. The molecule has 0 atom stereocenters. The monoisotopic (exact) mass is 1400 g/mol. The second kappa shape index (κ2) is 34.0. The molecule has 0 saturated carbocycles. The van der Waals surface area contributed by atoms with Crippen molar-refractivity contribution in [2.75, 3.05) is 68.8 Å². The van der Waals surface area contributed by atoms with Crippen LogP contribution in [0.25, 0.3) is 33.1 Å². The van der Waals surface area contributed by atoms with Gasteiger partial charge in [0.15, 0.2) is 0 Å². The summed E-state index contributed by atoms with van der Waals surface area (Å²) >= 11 is 17.0. The number of ether oxygens (including phenoxy) is 2. The molecule has 0 radical (unpaired) electrons. The van der Waals surface area contributed by atoms with Crippen molar-refractivity contribution in [1.29, 1.82) is 0 Å². The SMILES string of the molecule is CNC(C(C)C)C(C)C.COCCN.COCCNc1nc(Nc2cnc3[nH]ccc3c2)ncc1C.Cc1cnc(Cl)nc1Nc1cnc2[nH]ccc2c1.Cc1cnc(Nc2cnc3[nH]ccc3c2)nc1Cl.I[I-]I. The number of nitrogens with one attached hydrogen (secondary N) is 8. The first-order valence-electron chi connectivity index (χ1n) is 23.5. The molecular weight excluding hydrogens is 1340 g/mol. The van der Waals surface area contributed by atoms with Gasteiger partial charge in [0.25, 0.3) is 0 Å². The van der Waals surface area contributed by atoms with E-state index in [-0.39, 0.29) is 5.28 Å². The van der Waals surface area contributed by atoms with Crippen LogP contribution in [0.4, 0.5) is 40.6 Å². The predicted molar refractivity (Wildman–Crippen MR) is 320 cm³/mol. The molecule has 0 aliphatic carbocycles. The molecule has 75 heavy (non-hydrogen) atoms. The van der Waals surface area contributed by atoms with Crippen molar-refractivity contribution in [1.82, 2.24) is 65.1 Å². The summed E-state index contributed by atoms with van der Waals surface area (Å²) in [7, 11) is 5.34. The Labute approximate surface area is 478 Å². The van der Waals surface area contributed by atoms with Crippen LogP contribution in [0.1, 0.15) is 44.4 Å². The number of rotatable bonds is 15. The fourth-order valence-corrected chi connectivity index (χ4v) is 7.22. The summed E-state index contributed by atoms with van der Waals surface area (Å²) in [5, 5.41) is 19.7. The molecule has 0 unspecified atom stereocenters. The van der Waals surface area contributed by atoms with Crippen LogP contribution < -0.4 is 45.6 Å². The first kappa shape index (κ1) is 62.7. The molecule has 0 aliphatic rings. The van der Waals surface area contributed by atoms with Gasteiger partial charge in [-0.15, -0.1) is 0 Å². The number of H-pyrrole nitrogens is 3. The number of nitrogens with two attached hydrogens (primary N) is 1.